The van der Waals surface area contributed by atoms with Crippen molar-refractivity contribution in [1.82, 2.24) is 15.2 Å². The molecule has 116 valence electrons. The summed E-state index contributed by atoms with van der Waals surface area (Å²) in [7, 11) is 0. The lowest BCUT2D eigenvalue weighted by molar-refractivity contribution is 0.867. The van der Waals surface area contributed by atoms with E-state index in [0.717, 1.165) is 11.4 Å². The lowest BCUT2D eigenvalue weighted by atomic mass is 10.0. The summed E-state index contributed by atoms with van der Waals surface area (Å²) in [5, 5.41) is 14.4. The lowest BCUT2D eigenvalue weighted by Crippen LogP contribution is -2.02. The lowest BCUT2D eigenvalue weighted by Gasteiger charge is -2.09. The van der Waals surface area contributed by atoms with Gasteiger partial charge in [-0.1, -0.05) is 44.2 Å². The SMILES string of the molecule is CC(C)c1ccc(Nc2cnnc(Nc3ccccc3)n2)cc1. The minimum Gasteiger partial charge on any atom is -0.339 e. The summed E-state index contributed by atoms with van der Waals surface area (Å²) in [4.78, 5) is 4.43. The van der Waals surface area contributed by atoms with Crippen molar-refractivity contribution >= 4 is 23.1 Å². The molecular formula is C18H19N5. The fraction of sp³-hybridized carbons (Fsp3) is 0.167. The van der Waals surface area contributed by atoms with E-state index < -0.39 is 0 Å². The summed E-state index contributed by atoms with van der Waals surface area (Å²) in [6.45, 7) is 4.36. The van der Waals surface area contributed by atoms with Crippen molar-refractivity contribution in [2.24, 2.45) is 0 Å². The molecule has 0 atom stereocenters. The van der Waals surface area contributed by atoms with E-state index in [-0.39, 0.29) is 0 Å². The van der Waals surface area contributed by atoms with E-state index in [4.69, 9.17) is 0 Å². The van der Waals surface area contributed by atoms with E-state index in [1.165, 1.54) is 5.56 Å². The predicted molar refractivity (Wildman–Crippen MR) is 93.4 cm³/mol. The number of hydrogen-bond donors (Lipinski definition) is 2. The van der Waals surface area contributed by atoms with Gasteiger partial charge >= 0.3 is 0 Å². The molecule has 0 bridgehead atoms. The van der Waals surface area contributed by atoms with Crippen molar-refractivity contribution in [3.8, 4) is 0 Å². The first-order valence-corrected chi connectivity index (χ1v) is 7.59. The fourth-order valence-electron chi connectivity index (χ4n) is 2.17. The normalized spacial score (nSPS) is 10.6. The third-order valence-corrected chi connectivity index (χ3v) is 3.44. The second-order valence-corrected chi connectivity index (χ2v) is 5.56. The zero-order chi connectivity index (χ0) is 16.1. The molecule has 0 radical (unpaired) electrons. The molecule has 0 spiro atoms. The van der Waals surface area contributed by atoms with Gasteiger partial charge in [0.1, 0.15) is 0 Å². The summed E-state index contributed by atoms with van der Waals surface area (Å²) in [5.41, 5.74) is 3.20. The Kier molecular flexibility index (Phi) is 4.47. The molecule has 0 amide bonds. The van der Waals surface area contributed by atoms with Crippen LogP contribution in [-0.2, 0) is 0 Å². The van der Waals surface area contributed by atoms with Crippen molar-refractivity contribution in [3.63, 3.8) is 0 Å². The minimum atomic E-state index is 0.458. The first-order valence-electron chi connectivity index (χ1n) is 7.59. The van der Waals surface area contributed by atoms with Gasteiger partial charge in [0.25, 0.3) is 0 Å². The van der Waals surface area contributed by atoms with Crippen LogP contribution in [0.25, 0.3) is 0 Å². The Morgan fingerprint density at radius 2 is 1.52 bits per heavy atom. The Morgan fingerprint density at radius 3 is 2.22 bits per heavy atom. The van der Waals surface area contributed by atoms with Crippen LogP contribution in [0.15, 0.2) is 60.8 Å². The van der Waals surface area contributed by atoms with Gasteiger partial charge in [-0.3, -0.25) is 0 Å². The van der Waals surface area contributed by atoms with E-state index >= 15 is 0 Å². The maximum absolute atomic E-state index is 4.43. The topological polar surface area (TPSA) is 62.7 Å². The van der Waals surface area contributed by atoms with Crippen molar-refractivity contribution in [2.45, 2.75) is 19.8 Å². The highest BCUT2D eigenvalue weighted by Crippen LogP contribution is 2.20. The molecule has 0 saturated heterocycles. The Balaban J connectivity index is 1.72. The van der Waals surface area contributed by atoms with Crippen LogP contribution in [0.3, 0.4) is 0 Å². The summed E-state index contributed by atoms with van der Waals surface area (Å²) >= 11 is 0. The molecule has 1 heterocycles. The number of hydrogen-bond acceptors (Lipinski definition) is 5. The third-order valence-electron chi connectivity index (χ3n) is 3.44. The highest BCUT2D eigenvalue weighted by Gasteiger charge is 2.03. The van der Waals surface area contributed by atoms with Gasteiger partial charge in [0.05, 0.1) is 6.20 Å². The Labute approximate surface area is 135 Å². The van der Waals surface area contributed by atoms with E-state index in [1.54, 1.807) is 6.20 Å². The Bertz CT molecular complexity index is 754. The summed E-state index contributed by atoms with van der Waals surface area (Å²) < 4.78 is 0. The van der Waals surface area contributed by atoms with E-state index in [1.807, 2.05) is 42.5 Å². The number of aromatic nitrogens is 3. The average Bonchev–Trinajstić information content (AvgIpc) is 2.57. The van der Waals surface area contributed by atoms with Crippen LogP contribution in [0, 0.1) is 0 Å². The summed E-state index contributed by atoms with van der Waals surface area (Å²) in [6.07, 6.45) is 1.60. The van der Waals surface area contributed by atoms with Crippen LogP contribution < -0.4 is 10.6 Å². The monoisotopic (exact) mass is 305 g/mol. The molecule has 0 saturated carbocycles. The molecule has 0 fully saturated rings. The minimum absolute atomic E-state index is 0.458. The van der Waals surface area contributed by atoms with Crippen LogP contribution >= 0.6 is 0 Å². The number of rotatable bonds is 5. The smallest absolute Gasteiger partial charge is 0.249 e. The van der Waals surface area contributed by atoms with Crippen molar-refractivity contribution in [2.75, 3.05) is 10.6 Å². The quantitative estimate of drug-likeness (QED) is 0.727. The Hall–Kier alpha value is -2.95. The van der Waals surface area contributed by atoms with Gasteiger partial charge < -0.3 is 10.6 Å². The van der Waals surface area contributed by atoms with Crippen molar-refractivity contribution < 1.29 is 0 Å². The van der Waals surface area contributed by atoms with Gasteiger partial charge in [0, 0.05) is 11.4 Å². The molecular weight excluding hydrogens is 286 g/mol. The fourth-order valence-corrected chi connectivity index (χ4v) is 2.17. The first-order chi connectivity index (χ1) is 11.2. The summed E-state index contributed by atoms with van der Waals surface area (Å²) in [5.74, 6) is 1.63. The third kappa shape index (κ3) is 4.03. The van der Waals surface area contributed by atoms with Crippen LogP contribution in [0.5, 0.6) is 0 Å². The molecule has 23 heavy (non-hydrogen) atoms. The van der Waals surface area contributed by atoms with E-state index in [9.17, 15) is 0 Å². The standard InChI is InChI=1S/C18H19N5/c1-13(2)14-8-10-16(11-9-14)20-17-12-19-23-18(22-17)21-15-6-4-3-5-7-15/h3-13H,1-2H3,(H2,20,21,22,23). The molecule has 0 unspecified atom stereocenters. The van der Waals surface area contributed by atoms with Gasteiger partial charge in [-0.05, 0) is 35.7 Å². The largest absolute Gasteiger partial charge is 0.339 e. The maximum Gasteiger partial charge on any atom is 0.249 e. The second-order valence-electron chi connectivity index (χ2n) is 5.56. The van der Waals surface area contributed by atoms with Crippen LogP contribution in [0.4, 0.5) is 23.1 Å². The number of nitrogens with zero attached hydrogens (tertiary/aromatic N) is 3. The second kappa shape index (κ2) is 6.87. The molecule has 5 nitrogen and oxygen atoms in total. The molecule has 1 aromatic heterocycles. The molecule has 3 aromatic rings. The van der Waals surface area contributed by atoms with Crippen LogP contribution in [-0.4, -0.2) is 15.2 Å². The highest BCUT2D eigenvalue weighted by molar-refractivity contribution is 5.58. The molecule has 0 aliphatic carbocycles. The van der Waals surface area contributed by atoms with E-state index in [2.05, 4.69) is 51.8 Å². The average molecular weight is 305 g/mol. The molecule has 2 aromatic carbocycles. The molecule has 2 N–H and O–H groups in total. The van der Waals surface area contributed by atoms with Gasteiger partial charge in [-0.2, -0.15) is 10.1 Å². The van der Waals surface area contributed by atoms with Gasteiger partial charge in [0.2, 0.25) is 5.95 Å². The number of para-hydroxylation sites is 1. The van der Waals surface area contributed by atoms with Crippen molar-refractivity contribution in [1.29, 1.82) is 0 Å². The van der Waals surface area contributed by atoms with Gasteiger partial charge in [0.15, 0.2) is 5.82 Å². The van der Waals surface area contributed by atoms with Gasteiger partial charge in [-0.25, -0.2) is 0 Å². The van der Waals surface area contributed by atoms with Gasteiger partial charge in [-0.15, -0.1) is 5.10 Å². The first kappa shape index (κ1) is 15.0. The highest BCUT2D eigenvalue weighted by atomic mass is 15.3. The molecule has 0 aliphatic heterocycles. The zero-order valence-corrected chi connectivity index (χ0v) is 13.2. The van der Waals surface area contributed by atoms with Crippen LogP contribution in [0.2, 0.25) is 0 Å². The van der Waals surface area contributed by atoms with Crippen molar-refractivity contribution in [3.05, 3.63) is 66.4 Å². The molecule has 3 rings (SSSR count). The van der Waals surface area contributed by atoms with Crippen LogP contribution in [0.1, 0.15) is 25.3 Å². The number of anilines is 4. The molecule has 0 aliphatic rings. The maximum atomic E-state index is 4.43. The number of nitrogens with one attached hydrogen (secondary N) is 2. The zero-order valence-electron chi connectivity index (χ0n) is 13.2. The number of benzene rings is 2. The van der Waals surface area contributed by atoms with E-state index in [0.29, 0.717) is 17.7 Å². The summed E-state index contributed by atoms with van der Waals surface area (Å²) in [6, 6.07) is 18.1. The predicted octanol–water partition coefficient (Wildman–Crippen LogP) is 4.48. The molecule has 5 heteroatoms. The Morgan fingerprint density at radius 1 is 0.826 bits per heavy atom.